The number of hydrogen-bond acceptors (Lipinski definition) is 4. The van der Waals surface area contributed by atoms with Crippen LogP contribution in [-0.4, -0.2) is 15.9 Å². The number of Topliss-reactive ketones (excluding diaryl/α,β-unsaturated/α-hetero) is 1. The topological polar surface area (TPSA) is 56.0 Å². The van der Waals surface area contributed by atoms with Gasteiger partial charge in [-0.3, -0.25) is 4.79 Å². The molecule has 82 valence electrons. The number of ketones is 1. The molecule has 0 aliphatic rings. The van der Waals surface area contributed by atoms with Crippen molar-refractivity contribution in [1.82, 2.24) is 10.1 Å². The van der Waals surface area contributed by atoms with E-state index in [4.69, 9.17) is 4.52 Å². The third-order valence-electron chi connectivity index (χ3n) is 2.16. The largest absolute Gasteiger partial charge is 0.330 e. The molecule has 0 bridgehead atoms. The van der Waals surface area contributed by atoms with Gasteiger partial charge in [-0.15, -0.1) is 0 Å². The molecule has 5 heteroatoms. The molecule has 2 rings (SSSR count). The Labute approximate surface area is 91.1 Å². The van der Waals surface area contributed by atoms with Gasteiger partial charge in [0, 0.05) is 12.5 Å². The SMILES string of the molecule is CC(=O)c1nc(-c2ccc(C)c(F)c2)no1. The highest BCUT2D eigenvalue weighted by molar-refractivity contribution is 5.89. The monoisotopic (exact) mass is 220 g/mol. The average molecular weight is 220 g/mol. The second kappa shape index (κ2) is 3.84. The maximum absolute atomic E-state index is 13.3. The Bertz CT molecular complexity index is 549. The summed E-state index contributed by atoms with van der Waals surface area (Å²) in [6.07, 6.45) is 0. The van der Waals surface area contributed by atoms with Gasteiger partial charge >= 0.3 is 0 Å². The van der Waals surface area contributed by atoms with Crippen molar-refractivity contribution in [2.45, 2.75) is 13.8 Å². The van der Waals surface area contributed by atoms with Gasteiger partial charge in [0.05, 0.1) is 0 Å². The van der Waals surface area contributed by atoms with E-state index in [9.17, 15) is 9.18 Å². The fraction of sp³-hybridized carbons (Fsp3) is 0.182. The van der Waals surface area contributed by atoms with E-state index in [0.29, 0.717) is 11.1 Å². The normalized spacial score (nSPS) is 10.4. The molecule has 1 aromatic heterocycles. The molecular weight excluding hydrogens is 211 g/mol. The zero-order chi connectivity index (χ0) is 11.7. The van der Waals surface area contributed by atoms with Gasteiger partial charge in [-0.05, 0) is 18.6 Å². The lowest BCUT2D eigenvalue weighted by Gasteiger charge is -1.97. The Morgan fingerprint density at radius 3 is 2.75 bits per heavy atom. The minimum atomic E-state index is -0.341. The van der Waals surface area contributed by atoms with Gasteiger partial charge in [0.25, 0.3) is 5.89 Å². The zero-order valence-electron chi connectivity index (χ0n) is 8.82. The zero-order valence-corrected chi connectivity index (χ0v) is 8.82. The Morgan fingerprint density at radius 2 is 2.19 bits per heavy atom. The Morgan fingerprint density at radius 1 is 1.44 bits per heavy atom. The smallest absolute Gasteiger partial charge is 0.294 e. The maximum Gasteiger partial charge on any atom is 0.294 e. The van der Waals surface area contributed by atoms with Crippen LogP contribution in [-0.2, 0) is 0 Å². The van der Waals surface area contributed by atoms with Gasteiger partial charge in [0.2, 0.25) is 11.6 Å². The summed E-state index contributed by atoms with van der Waals surface area (Å²) in [4.78, 5) is 14.8. The van der Waals surface area contributed by atoms with Crippen LogP contribution in [0, 0.1) is 12.7 Å². The molecule has 4 nitrogen and oxygen atoms in total. The molecule has 0 unspecified atom stereocenters. The predicted octanol–water partition coefficient (Wildman–Crippen LogP) is 2.39. The third-order valence-corrected chi connectivity index (χ3v) is 2.16. The molecule has 0 saturated heterocycles. The lowest BCUT2D eigenvalue weighted by Crippen LogP contribution is -1.91. The molecule has 1 heterocycles. The summed E-state index contributed by atoms with van der Waals surface area (Å²) in [7, 11) is 0. The summed E-state index contributed by atoms with van der Waals surface area (Å²) in [6.45, 7) is 2.99. The molecule has 0 spiro atoms. The molecule has 16 heavy (non-hydrogen) atoms. The van der Waals surface area contributed by atoms with Gasteiger partial charge in [-0.2, -0.15) is 4.98 Å². The van der Waals surface area contributed by atoms with E-state index in [1.54, 1.807) is 19.1 Å². The number of benzene rings is 1. The summed E-state index contributed by atoms with van der Waals surface area (Å²) in [6, 6.07) is 4.60. The van der Waals surface area contributed by atoms with E-state index in [1.165, 1.54) is 13.0 Å². The fourth-order valence-electron chi connectivity index (χ4n) is 1.22. The van der Waals surface area contributed by atoms with Gasteiger partial charge in [-0.1, -0.05) is 17.3 Å². The predicted molar refractivity (Wildman–Crippen MR) is 54.4 cm³/mol. The van der Waals surface area contributed by atoms with Crippen LogP contribution in [0.15, 0.2) is 22.7 Å². The van der Waals surface area contributed by atoms with Crippen LogP contribution in [0.4, 0.5) is 4.39 Å². The highest BCUT2D eigenvalue weighted by Crippen LogP contribution is 2.18. The Balaban J connectivity index is 2.42. The highest BCUT2D eigenvalue weighted by Gasteiger charge is 2.12. The number of aromatic nitrogens is 2. The molecule has 0 fully saturated rings. The Kier molecular flexibility index (Phi) is 2.52. The van der Waals surface area contributed by atoms with E-state index in [2.05, 4.69) is 10.1 Å². The first-order valence-corrected chi connectivity index (χ1v) is 4.69. The fourth-order valence-corrected chi connectivity index (χ4v) is 1.22. The van der Waals surface area contributed by atoms with Crippen molar-refractivity contribution in [3.8, 4) is 11.4 Å². The van der Waals surface area contributed by atoms with E-state index in [0.717, 1.165) is 0 Å². The number of aryl methyl sites for hydroxylation is 1. The summed E-state index contributed by atoms with van der Waals surface area (Å²) in [5.74, 6) is -0.516. The van der Waals surface area contributed by atoms with Crippen LogP contribution in [0.3, 0.4) is 0 Å². The third kappa shape index (κ3) is 1.84. The lowest BCUT2D eigenvalue weighted by molar-refractivity contribution is 0.0972. The van der Waals surface area contributed by atoms with Crippen LogP contribution in [0.25, 0.3) is 11.4 Å². The van der Waals surface area contributed by atoms with Crippen molar-refractivity contribution < 1.29 is 13.7 Å². The van der Waals surface area contributed by atoms with Crippen molar-refractivity contribution in [2.24, 2.45) is 0 Å². The van der Waals surface area contributed by atoms with Crippen LogP contribution in [0.5, 0.6) is 0 Å². The molecule has 1 aromatic carbocycles. The Hall–Kier alpha value is -2.04. The van der Waals surface area contributed by atoms with Crippen LogP contribution in [0.1, 0.15) is 23.2 Å². The first-order valence-electron chi connectivity index (χ1n) is 4.69. The second-order valence-corrected chi connectivity index (χ2v) is 3.44. The number of carbonyl (C=O) groups excluding carboxylic acids is 1. The minimum absolute atomic E-state index is 0.0732. The van der Waals surface area contributed by atoms with Gasteiger partial charge in [0.15, 0.2) is 0 Å². The van der Waals surface area contributed by atoms with E-state index in [1.807, 2.05) is 0 Å². The number of carbonyl (C=O) groups is 1. The summed E-state index contributed by atoms with van der Waals surface area (Å²) >= 11 is 0. The summed E-state index contributed by atoms with van der Waals surface area (Å²) < 4.78 is 18.0. The first kappa shape index (κ1) is 10.5. The maximum atomic E-state index is 13.3. The molecule has 0 radical (unpaired) electrons. The van der Waals surface area contributed by atoms with Crippen LogP contribution >= 0.6 is 0 Å². The van der Waals surface area contributed by atoms with E-state index < -0.39 is 0 Å². The van der Waals surface area contributed by atoms with Gasteiger partial charge < -0.3 is 4.52 Å². The quantitative estimate of drug-likeness (QED) is 0.729. The number of nitrogens with zero attached hydrogens (tertiary/aromatic N) is 2. The minimum Gasteiger partial charge on any atom is -0.330 e. The molecule has 0 aliphatic carbocycles. The van der Waals surface area contributed by atoms with Crippen molar-refractivity contribution in [3.05, 3.63) is 35.5 Å². The summed E-state index contributed by atoms with van der Waals surface area (Å²) in [5, 5.41) is 3.60. The number of halogens is 1. The van der Waals surface area contributed by atoms with Crippen molar-refractivity contribution >= 4 is 5.78 Å². The first-order chi connectivity index (χ1) is 7.58. The molecule has 2 aromatic rings. The molecule has 0 N–H and O–H groups in total. The van der Waals surface area contributed by atoms with E-state index >= 15 is 0 Å². The molecule has 0 aliphatic heterocycles. The molecule has 0 amide bonds. The summed E-state index contributed by atoms with van der Waals surface area (Å²) in [5.41, 5.74) is 1.03. The number of hydrogen-bond donors (Lipinski definition) is 0. The molecule has 0 atom stereocenters. The molecular formula is C11H9FN2O2. The van der Waals surface area contributed by atoms with Gasteiger partial charge in [0.1, 0.15) is 5.82 Å². The standard InChI is InChI=1S/C11H9FN2O2/c1-6-3-4-8(5-9(6)12)10-13-11(7(2)15)16-14-10/h3-5H,1-2H3. The van der Waals surface area contributed by atoms with Crippen LogP contribution in [0.2, 0.25) is 0 Å². The van der Waals surface area contributed by atoms with Crippen molar-refractivity contribution in [2.75, 3.05) is 0 Å². The lowest BCUT2D eigenvalue weighted by atomic mass is 10.1. The highest BCUT2D eigenvalue weighted by atomic mass is 19.1. The number of rotatable bonds is 2. The van der Waals surface area contributed by atoms with Crippen molar-refractivity contribution in [1.29, 1.82) is 0 Å². The molecule has 0 saturated carbocycles. The van der Waals surface area contributed by atoms with E-state index in [-0.39, 0.29) is 23.3 Å². The van der Waals surface area contributed by atoms with Crippen LogP contribution < -0.4 is 0 Å². The van der Waals surface area contributed by atoms with Crippen molar-refractivity contribution in [3.63, 3.8) is 0 Å². The second-order valence-electron chi connectivity index (χ2n) is 3.44. The average Bonchev–Trinajstić information content (AvgIpc) is 2.71. The van der Waals surface area contributed by atoms with Gasteiger partial charge in [-0.25, -0.2) is 4.39 Å².